The summed E-state index contributed by atoms with van der Waals surface area (Å²) in [6.45, 7) is 3.90. The zero-order valence-corrected chi connectivity index (χ0v) is 15.2. The minimum absolute atomic E-state index is 0.0545. The first-order valence-corrected chi connectivity index (χ1v) is 8.45. The third-order valence-corrected chi connectivity index (χ3v) is 4.16. The SMILES string of the molecule is CC(C)Oc1ccc(-c2cc(-c3ccc(C#N)cc3Cl)[nH]n2)cc1Cl. The minimum atomic E-state index is 0.0545. The van der Waals surface area contributed by atoms with Gasteiger partial charge in [-0.25, -0.2) is 0 Å². The number of aromatic nitrogens is 2. The standard InChI is InChI=1S/C19H15Cl2N3O/c1-11(2)25-19-6-4-13(8-16(19)21)17-9-18(24-23-17)14-5-3-12(10-22)7-15(14)20/h3-9,11H,1-2H3,(H,23,24). The van der Waals surface area contributed by atoms with E-state index in [4.69, 9.17) is 33.2 Å². The highest BCUT2D eigenvalue weighted by molar-refractivity contribution is 6.33. The van der Waals surface area contributed by atoms with Gasteiger partial charge < -0.3 is 4.74 Å². The Morgan fingerprint density at radius 2 is 1.88 bits per heavy atom. The predicted octanol–water partition coefficient (Wildman–Crippen LogP) is 5.71. The molecule has 0 aliphatic carbocycles. The Morgan fingerprint density at radius 1 is 1.08 bits per heavy atom. The topological polar surface area (TPSA) is 61.7 Å². The van der Waals surface area contributed by atoms with E-state index in [9.17, 15) is 0 Å². The van der Waals surface area contributed by atoms with E-state index in [0.717, 1.165) is 22.5 Å². The maximum Gasteiger partial charge on any atom is 0.138 e. The third kappa shape index (κ3) is 3.79. The summed E-state index contributed by atoms with van der Waals surface area (Å²) in [4.78, 5) is 0. The van der Waals surface area contributed by atoms with Gasteiger partial charge in [-0.05, 0) is 50.2 Å². The predicted molar refractivity (Wildman–Crippen MR) is 100.0 cm³/mol. The molecule has 0 saturated heterocycles. The van der Waals surface area contributed by atoms with E-state index < -0.39 is 0 Å². The number of aromatic amines is 1. The van der Waals surface area contributed by atoms with Crippen molar-refractivity contribution in [3.05, 3.63) is 58.1 Å². The molecule has 0 fully saturated rings. The van der Waals surface area contributed by atoms with Gasteiger partial charge in [0, 0.05) is 11.1 Å². The van der Waals surface area contributed by atoms with Crippen LogP contribution in [-0.2, 0) is 0 Å². The highest BCUT2D eigenvalue weighted by atomic mass is 35.5. The lowest BCUT2D eigenvalue weighted by Crippen LogP contribution is -2.05. The summed E-state index contributed by atoms with van der Waals surface area (Å²) in [5.74, 6) is 0.645. The number of hydrogen-bond donors (Lipinski definition) is 1. The van der Waals surface area contributed by atoms with Crippen LogP contribution in [0.2, 0.25) is 10.0 Å². The van der Waals surface area contributed by atoms with Crippen LogP contribution in [0.15, 0.2) is 42.5 Å². The summed E-state index contributed by atoms with van der Waals surface area (Å²) in [5.41, 5.74) is 3.68. The number of H-pyrrole nitrogens is 1. The molecule has 1 heterocycles. The number of ether oxygens (including phenoxy) is 1. The van der Waals surface area contributed by atoms with Crippen LogP contribution in [0.5, 0.6) is 5.75 Å². The van der Waals surface area contributed by atoms with Gasteiger partial charge in [0.1, 0.15) is 5.75 Å². The van der Waals surface area contributed by atoms with Crippen LogP contribution in [0.3, 0.4) is 0 Å². The van der Waals surface area contributed by atoms with Crippen molar-refractivity contribution in [3.63, 3.8) is 0 Å². The molecule has 0 aliphatic heterocycles. The van der Waals surface area contributed by atoms with Crippen LogP contribution in [0.4, 0.5) is 0 Å². The van der Waals surface area contributed by atoms with Gasteiger partial charge in [-0.1, -0.05) is 29.3 Å². The van der Waals surface area contributed by atoms with Gasteiger partial charge in [-0.3, -0.25) is 5.10 Å². The number of benzene rings is 2. The van der Waals surface area contributed by atoms with Crippen LogP contribution < -0.4 is 4.74 Å². The number of hydrogen-bond acceptors (Lipinski definition) is 3. The highest BCUT2D eigenvalue weighted by Crippen LogP contribution is 2.33. The van der Waals surface area contributed by atoms with Crippen molar-refractivity contribution in [1.82, 2.24) is 10.2 Å². The monoisotopic (exact) mass is 371 g/mol. The fourth-order valence-electron chi connectivity index (χ4n) is 2.42. The second-order valence-electron chi connectivity index (χ2n) is 5.79. The first kappa shape index (κ1) is 17.3. The average Bonchev–Trinajstić information content (AvgIpc) is 3.06. The van der Waals surface area contributed by atoms with Crippen molar-refractivity contribution in [2.45, 2.75) is 20.0 Å². The lowest BCUT2D eigenvalue weighted by Gasteiger charge is -2.11. The molecule has 4 nitrogen and oxygen atoms in total. The molecule has 3 rings (SSSR count). The van der Waals surface area contributed by atoms with Gasteiger partial charge in [-0.15, -0.1) is 0 Å². The Kier molecular flexibility index (Phi) is 4.98. The molecule has 2 aromatic carbocycles. The molecule has 0 spiro atoms. The maximum absolute atomic E-state index is 8.93. The van der Waals surface area contributed by atoms with Gasteiger partial charge in [0.05, 0.1) is 39.2 Å². The molecule has 25 heavy (non-hydrogen) atoms. The first-order valence-electron chi connectivity index (χ1n) is 7.70. The van der Waals surface area contributed by atoms with Crippen molar-refractivity contribution in [2.24, 2.45) is 0 Å². The van der Waals surface area contributed by atoms with Crippen molar-refractivity contribution < 1.29 is 4.74 Å². The largest absolute Gasteiger partial charge is 0.489 e. The Balaban J connectivity index is 1.92. The zero-order valence-electron chi connectivity index (χ0n) is 13.7. The number of rotatable bonds is 4. The van der Waals surface area contributed by atoms with Gasteiger partial charge >= 0.3 is 0 Å². The van der Waals surface area contributed by atoms with Crippen LogP contribution in [0.25, 0.3) is 22.5 Å². The molecule has 0 unspecified atom stereocenters. The van der Waals surface area contributed by atoms with E-state index in [1.807, 2.05) is 38.1 Å². The summed E-state index contributed by atoms with van der Waals surface area (Å²) in [7, 11) is 0. The normalized spacial score (nSPS) is 10.7. The molecule has 6 heteroatoms. The second kappa shape index (κ2) is 7.18. The molecule has 0 atom stereocenters. The Labute approximate surface area is 156 Å². The molecule has 0 aliphatic rings. The first-order chi connectivity index (χ1) is 12.0. The lowest BCUT2D eigenvalue weighted by molar-refractivity contribution is 0.242. The molecule has 126 valence electrons. The second-order valence-corrected chi connectivity index (χ2v) is 6.60. The third-order valence-electron chi connectivity index (χ3n) is 3.56. The summed E-state index contributed by atoms with van der Waals surface area (Å²) in [5, 5.41) is 17.3. The van der Waals surface area contributed by atoms with Crippen LogP contribution in [0, 0.1) is 11.3 Å². The van der Waals surface area contributed by atoms with Crippen LogP contribution in [-0.4, -0.2) is 16.3 Å². The number of nitrogens with zero attached hydrogens (tertiary/aromatic N) is 2. The molecule has 0 amide bonds. The van der Waals surface area contributed by atoms with Crippen LogP contribution in [0.1, 0.15) is 19.4 Å². The van der Waals surface area contributed by atoms with Gasteiger partial charge in [0.15, 0.2) is 0 Å². The molecule has 3 aromatic rings. The van der Waals surface area contributed by atoms with Crippen molar-refractivity contribution in [1.29, 1.82) is 5.26 Å². The summed E-state index contributed by atoms with van der Waals surface area (Å²) in [6.07, 6.45) is 0.0545. The summed E-state index contributed by atoms with van der Waals surface area (Å²) in [6, 6.07) is 14.7. The fourth-order valence-corrected chi connectivity index (χ4v) is 2.93. The lowest BCUT2D eigenvalue weighted by atomic mass is 10.1. The molecular formula is C19H15Cl2N3O. The Morgan fingerprint density at radius 3 is 2.52 bits per heavy atom. The Bertz CT molecular complexity index is 958. The molecular weight excluding hydrogens is 357 g/mol. The van der Waals surface area contributed by atoms with Crippen molar-refractivity contribution >= 4 is 23.2 Å². The van der Waals surface area contributed by atoms with E-state index in [2.05, 4.69) is 16.3 Å². The molecule has 1 N–H and O–H groups in total. The summed E-state index contributed by atoms with van der Waals surface area (Å²) >= 11 is 12.5. The smallest absolute Gasteiger partial charge is 0.138 e. The van der Waals surface area contributed by atoms with Crippen LogP contribution >= 0.6 is 23.2 Å². The van der Waals surface area contributed by atoms with E-state index in [0.29, 0.717) is 21.4 Å². The number of halogens is 2. The molecule has 0 bridgehead atoms. The average molecular weight is 372 g/mol. The molecule has 0 saturated carbocycles. The molecule has 0 radical (unpaired) electrons. The Hall–Kier alpha value is -2.48. The minimum Gasteiger partial charge on any atom is -0.489 e. The fraction of sp³-hybridized carbons (Fsp3) is 0.158. The van der Waals surface area contributed by atoms with E-state index >= 15 is 0 Å². The molecule has 1 aromatic heterocycles. The number of nitriles is 1. The van der Waals surface area contributed by atoms with E-state index in [-0.39, 0.29) is 6.10 Å². The quantitative estimate of drug-likeness (QED) is 0.638. The maximum atomic E-state index is 8.93. The number of nitrogens with one attached hydrogen (secondary N) is 1. The van der Waals surface area contributed by atoms with Gasteiger partial charge in [0.25, 0.3) is 0 Å². The van der Waals surface area contributed by atoms with Crippen molar-refractivity contribution in [2.75, 3.05) is 0 Å². The van der Waals surface area contributed by atoms with Crippen molar-refractivity contribution in [3.8, 4) is 34.3 Å². The van der Waals surface area contributed by atoms with E-state index in [1.54, 1.807) is 18.2 Å². The summed E-state index contributed by atoms with van der Waals surface area (Å²) < 4.78 is 5.64. The van der Waals surface area contributed by atoms with Gasteiger partial charge in [-0.2, -0.15) is 10.4 Å². The van der Waals surface area contributed by atoms with Gasteiger partial charge in [0.2, 0.25) is 0 Å². The van der Waals surface area contributed by atoms with E-state index in [1.165, 1.54) is 0 Å². The highest BCUT2D eigenvalue weighted by Gasteiger charge is 2.12. The zero-order chi connectivity index (χ0) is 18.0.